The standard InChI is InChI=1S/C15H18FNO5S/c1-10(23(21,22)12-6-4-11(16)5-7-12)9-14(18)17-8-2-3-13(17)15(19)20/h4-7,10,13H,2-3,8-9H2,1H3,(H,19,20)/t10-,13-/m1/s1. The molecule has 2 rings (SSSR count). The Morgan fingerprint density at radius 3 is 2.52 bits per heavy atom. The fourth-order valence-corrected chi connectivity index (χ4v) is 3.99. The lowest BCUT2D eigenvalue weighted by Crippen LogP contribution is -2.42. The Hall–Kier alpha value is -1.96. The molecule has 0 spiro atoms. The third kappa shape index (κ3) is 3.69. The molecule has 0 saturated carbocycles. The van der Waals surface area contributed by atoms with Crippen LogP contribution in [-0.4, -0.2) is 48.1 Å². The zero-order valence-electron chi connectivity index (χ0n) is 12.6. The number of aliphatic carboxylic acids is 1. The molecule has 1 aromatic rings. The highest BCUT2D eigenvalue weighted by molar-refractivity contribution is 7.92. The van der Waals surface area contributed by atoms with Crippen LogP contribution in [0.15, 0.2) is 29.2 Å². The number of amides is 1. The van der Waals surface area contributed by atoms with Crippen LogP contribution in [0, 0.1) is 5.82 Å². The molecule has 1 aliphatic heterocycles. The van der Waals surface area contributed by atoms with E-state index in [1.165, 1.54) is 11.8 Å². The highest BCUT2D eigenvalue weighted by Crippen LogP contribution is 2.23. The summed E-state index contributed by atoms with van der Waals surface area (Å²) in [5.74, 6) is -2.12. The van der Waals surface area contributed by atoms with Crippen LogP contribution in [0.5, 0.6) is 0 Å². The van der Waals surface area contributed by atoms with Crippen molar-refractivity contribution < 1.29 is 27.5 Å². The Morgan fingerprint density at radius 2 is 1.96 bits per heavy atom. The topological polar surface area (TPSA) is 91.8 Å². The molecule has 1 aliphatic rings. The van der Waals surface area contributed by atoms with Crippen LogP contribution >= 0.6 is 0 Å². The molecule has 2 atom stereocenters. The summed E-state index contributed by atoms with van der Waals surface area (Å²) in [5.41, 5.74) is 0. The first kappa shape index (κ1) is 17.4. The van der Waals surface area contributed by atoms with Crippen molar-refractivity contribution in [3.63, 3.8) is 0 Å². The van der Waals surface area contributed by atoms with E-state index in [1.54, 1.807) is 0 Å². The summed E-state index contributed by atoms with van der Waals surface area (Å²) >= 11 is 0. The van der Waals surface area contributed by atoms with Gasteiger partial charge in [0.15, 0.2) is 9.84 Å². The first-order valence-electron chi connectivity index (χ1n) is 7.25. The van der Waals surface area contributed by atoms with Crippen molar-refractivity contribution >= 4 is 21.7 Å². The summed E-state index contributed by atoms with van der Waals surface area (Å²) in [6.07, 6.45) is 0.658. The lowest BCUT2D eigenvalue weighted by molar-refractivity contribution is -0.148. The van der Waals surface area contributed by atoms with Crippen LogP contribution in [0.25, 0.3) is 0 Å². The second-order valence-electron chi connectivity index (χ2n) is 5.60. The predicted octanol–water partition coefficient (Wildman–Crippen LogP) is 1.45. The van der Waals surface area contributed by atoms with Crippen molar-refractivity contribution in [1.29, 1.82) is 0 Å². The average Bonchev–Trinajstić information content (AvgIpc) is 2.97. The SMILES string of the molecule is C[C@H](CC(=O)N1CCC[C@@H]1C(=O)O)S(=O)(=O)c1ccc(F)cc1. The lowest BCUT2D eigenvalue weighted by Gasteiger charge is -2.23. The highest BCUT2D eigenvalue weighted by Gasteiger charge is 2.36. The van der Waals surface area contributed by atoms with Gasteiger partial charge in [-0.25, -0.2) is 17.6 Å². The van der Waals surface area contributed by atoms with E-state index in [2.05, 4.69) is 0 Å². The van der Waals surface area contributed by atoms with Crippen LogP contribution in [0.4, 0.5) is 4.39 Å². The summed E-state index contributed by atoms with van der Waals surface area (Å²) in [7, 11) is -3.78. The molecule has 8 heteroatoms. The maximum atomic E-state index is 12.9. The van der Waals surface area contributed by atoms with E-state index in [0.29, 0.717) is 19.4 Å². The minimum absolute atomic E-state index is 0.0598. The molecule has 0 radical (unpaired) electrons. The van der Waals surface area contributed by atoms with E-state index in [1.807, 2.05) is 0 Å². The second kappa shape index (κ2) is 6.66. The molecule has 126 valence electrons. The molecule has 23 heavy (non-hydrogen) atoms. The Labute approximate surface area is 133 Å². The molecule has 6 nitrogen and oxygen atoms in total. The number of sulfone groups is 1. The van der Waals surface area contributed by atoms with E-state index in [4.69, 9.17) is 5.11 Å². The minimum Gasteiger partial charge on any atom is -0.480 e. The normalized spacial score (nSPS) is 19.6. The van der Waals surface area contributed by atoms with Crippen molar-refractivity contribution in [3.05, 3.63) is 30.1 Å². The Balaban J connectivity index is 2.11. The molecule has 0 unspecified atom stereocenters. The predicted molar refractivity (Wildman–Crippen MR) is 80.0 cm³/mol. The molecule has 1 fully saturated rings. The van der Waals surface area contributed by atoms with Crippen molar-refractivity contribution in [2.45, 2.75) is 42.4 Å². The second-order valence-corrected chi connectivity index (χ2v) is 7.96. The molecular formula is C15H18FNO5S. The van der Waals surface area contributed by atoms with Gasteiger partial charge in [-0.1, -0.05) is 0 Å². The number of carboxylic acids is 1. The maximum absolute atomic E-state index is 12.9. The average molecular weight is 343 g/mol. The van der Waals surface area contributed by atoms with Gasteiger partial charge in [-0.15, -0.1) is 0 Å². The first-order chi connectivity index (χ1) is 10.7. The van der Waals surface area contributed by atoms with Gasteiger partial charge in [0.2, 0.25) is 5.91 Å². The number of nitrogens with zero attached hydrogens (tertiary/aromatic N) is 1. The molecule has 1 aromatic carbocycles. The number of rotatable bonds is 5. The van der Waals surface area contributed by atoms with Gasteiger partial charge in [-0.2, -0.15) is 0 Å². The number of hydrogen-bond donors (Lipinski definition) is 1. The van der Waals surface area contributed by atoms with Gasteiger partial charge < -0.3 is 10.0 Å². The van der Waals surface area contributed by atoms with Crippen molar-refractivity contribution in [2.24, 2.45) is 0 Å². The van der Waals surface area contributed by atoms with Crippen LogP contribution in [-0.2, 0) is 19.4 Å². The number of carboxylic acid groups (broad SMARTS) is 1. The van der Waals surface area contributed by atoms with E-state index < -0.39 is 38.8 Å². The van der Waals surface area contributed by atoms with Gasteiger partial charge in [0, 0.05) is 13.0 Å². The van der Waals surface area contributed by atoms with Crippen LogP contribution < -0.4 is 0 Å². The zero-order chi connectivity index (χ0) is 17.2. The number of carbonyl (C=O) groups excluding carboxylic acids is 1. The Morgan fingerprint density at radius 1 is 1.35 bits per heavy atom. The van der Waals surface area contributed by atoms with Crippen LogP contribution in [0.3, 0.4) is 0 Å². The quantitative estimate of drug-likeness (QED) is 0.817. The number of likely N-dealkylation sites (tertiary alicyclic amines) is 1. The Kier molecular flexibility index (Phi) is 5.03. The van der Waals surface area contributed by atoms with Gasteiger partial charge >= 0.3 is 5.97 Å². The van der Waals surface area contributed by atoms with Gasteiger partial charge in [0.05, 0.1) is 10.1 Å². The van der Waals surface area contributed by atoms with E-state index in [9.17, 15) is 22.4 Å². The number of benzene rings is 1. The van der Waals surface area contributed by atoms with Gasteiger partial charge in [0.25, 0.3) is 0 Å². The summed E-state index contributed by atoms with van der Waals surface area (Å²) in [6.45, 7) is 1.71. The fourth-order valence-electron chi connectivity index (χ4n) is 2.65. The third-order valence-electron chi connectivity index (χ3n) is 3.99. The van der Waals surface area contributed by atoms with Gasteiger partial charge in [0.1, 0.15) is 11.9 Å². The van der Waals surface area contributed by atoms with Crippen molar-refractivity contribution in [1.82, 2.24) is 4.90 Å². The third-order valence-corrected chi connectivity index (χ3v) is 6.15. The van der Waals surface area contributed by atoms with Crippen molar-refractivity contribution in [2.75, 3.05) is 6.54 Å². The van der Waals surface area contributed by atoms with Crippen LogP contribution in [0.2, 0.25) is 0 Å². The molecule has 1 amide bonds. The molecule has 1 saturated heterocycles. The smallest absolute Gasteiger partial charge is 0.326 e. The molecule has 1 N–H and O–H groups in total. The summed E-state index contributed by atoms with van der Waals surface area (Å²) in [4.78, 5) is 24.5. The molecule has 0 bridgehead atoms. The van der Waals surface area contributed by atoms with E-state index in [-0.39, 0.29) is 11.3 Å². The molecule has 0 aromatic heterocycles. The molecule has 1 heterocycles. The monoisotopic (exact) mass is 343 g/mol. The van der Waals surface area contributed by atoms with Gasteiger partial charge in [-0.05, 0) is 44.0 Å². The van der Waals surface area contributed by atoms with E-state index >= 15 is 0 Å². The molecular weight excluding hydrogens is 325 g/mol. The maximum Gasteiger partial charge on any atom is 0.326 e. The summed E-state index contributed by atoms with van der Waals surface area (Å²) in [6, 6.07) is 3.51. The first-order valence-corrected chi connectivity index (χ1v) is 8.80. The zero-order valence-corrected chi connectivity index (χ0v) is 13.4. The van der Waals surface area contributed by atoms with Gasteiger partial charge in [-0.3, -0.25) is 4.79 Å². The van der Waals surface area contributed by atoms with Crippen LogP contribution in [0.1, 0.15) is 26.2 Å². The van der Waals surface area contributed by atoms with Crippen molar-refractivity contribution in [3.8, 4) is 0 Å². The number of hydrogen-bond acceptors (Lipinski definition) is 4. The Bertz CT molecular complexity index is 701. The molecule has 0 aliphatic carbocycles. The summed E-state index contributed by atoms with van der Waals surface area (Å²) in [5, 5.41) is 8.06. The fraction of sp³-hybridized carbons (Fsp3) is 0.467. The summed E-state index contributed by atoms with van der Waals surface area (Å²) < 4.78 is 37.7. The van der Waals surface area contributed by atoms with E-state index in [0.717, 1.165) is 24.3 Å². The number of carbonyl (C=O) groups is 2. The highest BCUT2D eigenvalue weighted by atomic mass is 32.2. The minimum atomic E-state index is -3.78. The lowest BCUT2D eigenvalue weighted by atomic mass is 10.2. The number of halogens is 1. The largest absolute Gasteiger partial charge is 0.480 e.